The molecule has 158 valence electrons. The van der Waals surface area contributed by atoms with Gasteiger partial charge < -0.3 is 25.4 Å². The number of benzene rings is 1. The summed E-state index contributed by atoms with van der Waals surface area (Å²) in [7, 11) is 5.77. The third-order valence-electron chi connectivity index (χ3n) is 5.10. The summed E-state index contributed by atoms with van der Waals surface area (Å²) in [6.07, 6.45) is 5.70. The number of aliphatic hydroxyl groups is 1. The standard InChI is InChI=1S/C22H33N5O2/c1-23-14-18(28)15-29-19-11-7-8-16(12-19)22-25-20(13-21(26-22)27(2)3)24-17-9-5-4-6-10-17/h7-8,11-13,17-18,23,28H,4-6,9-10,14-15H2,1-3H3,(H,24,25,26). The Kier molecular flexibility index (Phi) is 7.66. The maximum absolute atomic E-state index is 9.86. The molecule has 1 saturated carbocycles. The van der Waals surface area contributed by atoms with Gasteiger partial charge in [-0.15, -0.1) is 0 Å². The average Bonchev–Trinajstić information content (AvgIpc) is 2.73. The normalized spacial score (nSPS) is 15.7. The first kappa shape index (κ1) is 21.3. The minimum atomic E-state index is -0.553. The van der Waals surface area contributed by atoms with Crippen molar-refractivity contribution in [3.8, 4) is 17.1 Å². The SMILES string of the molecule is CNCC(O)COc1cccc(-c2nc(NC3CCCCC3)cc(N(C)C)n2)c1. The van der Waals surface area contributed by atoms with Crippen LogP contribution < -0.4 is 20.3 Å². The van der Waals surface area contributed by atoms with E-state index in [4.69, 9.17) is 14.7 Å². The predicted molar refractivity (Wildman–Crippen MR) is 118 cm³/mol. The Morgan fingerprint density at radius 2 is 1.97 bits per heavy atom. The van der Waals surface area contributed by atoms with Crippen molar-refractivity contribution in [3.63, 3.8) is 0 Å². The molecule has 1 unspecified atom stereocenters. The molecule has 1 aromatic heterocycles. The Morgan fingerprint density at radius 3 is 2.69 bits per heavy atom. The predicted octanol–water partition coefficient (Wildman–Crippen LogP) is 2.91. The van der Waals surface area contributed by atoms with Gasteiger partial charge in [-0.05, 0) is 32.0 Å². The fourth-order valence-corrected chi connectivity index (χ4v) is 3.53. The van der Waals surface area contributed by atoms with Crippen LogP contribution in [0.5, 0.6) is 5.75 Å². The molecule has 0 spiro atoms. The molecule has 0 aliphatic heterocycles. The maximum Gasteiger partial charge on any atom is 0.163 e. The summed E-state index contributed by atoms with van der Waals surface area (Å²) in [6.45, 7) is 0.723. The lowest BCUT2D eigenvalue weighted by Gasteiger charge is -2.24. The van der Waals surface area contributed by atoms with E-state index in [1.165, 1.54) is 32.1 Å². The van der Waals surface area contributed by atoms with Crippen molar-refractivity contribution >= 4 is 11.6 Å². The van der Waals surface area contributed by atoms with Gasteiger partial charge in [0.15, 0.2) is 5.82 Å². The van der Waals surface area contributed by atoms with Gasteiger partial charge in [0.25, 0.3) is 0 Å². The molecule has 1 aromatic carbocycles. The molecule has 1 aliphatic rings. The number of ether oxygens (including phenoxy) is 1. The van der Waals surface area contributed by atoms with Gasteiger partial charge in [0, 0.05) is 38.3 Å². The number of likely N-dealkylation sites (N-methyl/N-ethyl adjacent to an activating group) is 1. The fourth-order valence-electron chi connectivity index (χ4n) is 3.53. The molecule has 3 rings (SSSR count). The average molecular weight is 400 g/mol. The van der Waals surface area contributed by atoms with E-state index in [1.54, 1.807) is 7.05 Å². The summed E-state index contributed by atoms with van der Waals surface area (Å²) in [5.41, 5.74) is 0.890. The molecule has 0 amide bonds. The van der Waals surface area contributed by atoms with Crippen LogP contribution in [0.1, 0.15) is 32.1 Å². The van der Waals surface area contributed by atoms with Gasteiger partial charge >= 0.3 is 0 Å². The molecular weight excluding hydrogens is 366 g/mol. The van der Waals surface area contributed by atoms with Crippen molar-refractivity contribution in [1.82, 2.24) is 15.3 Å². The van der Waals surface area contributed by atoms with Crippen molar-refractivity contribution in [2.24, 2.45) is 0 Å². The molecular formula is C22H33N5O2. The molecule has 1 fully saturated rings. The topological polar surface area (TPSA) is 82.5 Å². The van der Waals surface area contributed by atoms with Gasteiger partial charge in [0.1, 0.15) is 30.1 Å². The van der Waals surface area contributed by atoms with Gasteiger partial charge in [-0.3, -0.25) is 0 Å². The second-order valence-electron chi connectivity index (χ2n) is 7.86. The maximum atomic E-state index is 9.86. The number of nitrogens with one attached hydrogen (secondary N) is 2. The fraction of sp³-hybridized carbons (Fsp3) is 0.545. The van der Waals surface area contributed by atoms with Gasteiger partial charge in [0.2, 0.25) is 0 Å². The van der Waals surface area contributed by atoms with E-state index < -0.39 is 6.10 Å². The summed E-state index contributed by atoms with van der Waals surface area (Å²) in [4.78, 5) is 11.5. The van der Waals surface area contributed by atoms with Gasteiger partial charge in [-0.2, -0.15) is 0 Å². The van der Waals surface area contributed by atoms with Crippen LogP contribution in [0.25, 0.3) is 11.4 Å². The zero-order chi connectivity index (χ0) is 20.6. The molecule has 0 saturated heterocycles. The third-order valence-corrected chi connectivity index (χ3v) is 5.10. The summed E-state index contributed by atoms with van der Waals surface area (Å²) in [5.74, 6) is 3.08. The Morgan fingerprint density at radius 1 is 1.17 bits per heavy atom. The lowest BCUT2D eigenvalue weighted by Crippen LogP contribution is -2.29. The lowest BCUT2D eigenvalue weighted by atomic mass is 9.95. The lowest BCUT2D eigenvalue weighted by molar-refractivity contribution is 0.108. The molecule has 1 atom stereocenters. The zero-order valence-electron chi connectivity index (χ0n) is 17.7. The minimum Gasteiger partial charge on any atom is -0.491 e. The highest BCUT2D eigenvalue weighted by atomic mass is 16.5. The zero-order valence-corrected chi connectivity index (χ0v) is 17.7. The Labute approximate surface area is 173 Å². The van der Waals surface area contributed by atoms with Crippen LogP contribution in [0.3, 0.4) is 0 Å². The number of hydrogen-bond donors (Lipinski definition) is 3. The summed E-state index contributed by atoms with van der Waals surface area (Å²) in [6, 6.07) is 10.2. The first-order valence-corrected chi connectivity index (χ1v) is 10.4. The van der Waals surface area contributed by atoms with Crippen LogP contribution in [0.2, 0.25) is 0 Å². The van der Waals surface area contributed by atoms with Gasteiger partial charge in [-0.1, -0.05) is 31.4 Å². The third kappa shape index (κ3) is 6.30. The second kappa shape index (κ2) is 10.4. The van der Waals surface area contributed by atoms with E-state index >= 15 is 0 Å². The summed E-state index contributed by atoms with van der Waals surface area (Å²) < 4.78 is 5.74. The smallest absolute Gasteiger partial charge is 0.163 e. The summed E-state index contributed by atoms with van der Waals surface area (Å²) in [5, 5.41) is 16.4. The minimum absolute atomic E-state index is 0.234. The van der Waals surface area contributed by atoms with Crippen molar-refractivity contribution < 1.29 is 9.84 Å². The number of aromatic nitrogens is 2. The van der Waals surface area contributed by atoms with E-state index in [0.717, 1.165) is 17.2 Å². The molecule has 3 N–H and O–H groups in total. The summed E-state index contributed by atoms with van der Waals surface area (Å²) >= 11 is 0. The molecule has 0 radical (unpaired) electrons. The first-order valence-electron chi connectivity index (χ1n) is 10.4. The number of aliphatic hydroxyl groups excluding tert-OH is 1. The number of hydrogen-bond acceptors (Lipinski definition) is 7. The highest BCUT2D eigenvalue weighted by Crippen LogP contribution is 2.27. The van der Waals surface area contributed by atoms with Crippen molar-refractivity contribution in [3.05, 3.63) is 30.3 Å². The molecule has 7 heteroatoms. The highest BCUT2D eigenvalue weighted by Gasteiger charge is 2.16. The van der Waals surface area contributed by atoms with Crippen LogP contribution in [0, 0.1) is 0 Å². The van der Waals surface area contributed by atoms with Crippen molar-refractivity contribution in [1.29, 1.82) is 0 Å². The van der Waals surface area contributed by atoms with E-state index in [0.29, 0.717) is 24.2 Å². The van der Waals surface area contributed by atoms with E-state index in [2.05, 4.69) is 10.6 Å². The first-order chi connectivity index (χ1) is 14.0. The molecule has 7 nitrogen and oxygen atoms in total. The Balaban J connectivity index is 1.80. The van der Waals surface area contributed by atoms with Gasteiger partial charge in [-0.25, -0.2) is 9.97 Å². The molecule has 0 bridgehead atoms. The molecule has 1 heterocycles. The Bertz CT molecular complexity index is 778. The number of nitrogens with zero attached hydrogens (tertiary/aromatic N) is 3. The van der Waals surface area contributed by atoms with Crippen molar-refractivity contribution in [2.45, 2.75) is 44.2 Å². The molecule has 29 heavy (non-hydrogen) atoms. The van der Waals surface area contributed by atoms with Crippen LogP contribution in [-0.2, 0) is 0 Å². The Hall–Kier alpha value is -2.38. The number of anilines is 2. The quantitative estimate of drug-likeness (QED) is 0.598. The van der Waals surface area contributed by atoms with E-state index in [-0.39, 0.29) is 6.61 Å². The van der Waals surface area contributed by atoms with Gasteiger partial charge in [0.05, 0.1) is 0 Å². The number of rotatable bonds is 9. The largest absolute Gasteiger partial charge is 0.491 e. The van der Waals surface area contributed by atoms with Crippen LogP contribution in [0.4, 0.5) is 11.6 Å². The highest BCUT2D eigenvalue weighted by molar-refractivity contribution is 5.63. The van der Waals surface area contributed by atoms with Crippen molar-refractivity contribution in [2.75, 3.05) is 44.5 Å². The van der Waals surface area contributed by atoms with Crippen LogP contribution >= 0.6 is 0 Å². The van der Waals surface area contributed by atoms with E-state index in [1.807, 2.05) is 49.3 Å². The van der Waals surface area contributed by atoms with E-state index in [9.17, 15) is 5.11 Å². The van der Waals surface area contributed by atoms with Crippen LogP contribution in [-0.4, -0.2) is 61.5 Å². The monoisotopic (exact) mass is 399 g/mol. The molecule has 2 aromatic rings. The second-order valence-corrected chi connectivity index (χ2v) is 7.86. The molecule has 1 aliphatic carbocycles. The van der Waals surface area contributed by atoms with Crippen LogP contribution in [0.15, 0.2) is 30.3 Å².